The van der Waals surface area contributed by atoms with E-state index in [4.69, 9.17) is 0 Å². The summed E-state index contributed by atoms with van der Waals surface area (Å²) in [5, 5.41) is 16.4. The third kappa shape index (κ3) is 2.95. The molecule has 3 rings (SSSR count). The number of nitriles is 1. The number of pyridine rings is 1. The Morgan fingerprint density at radius 1 is 1.50 bits per heavy atom. The second-order valence-electron chi connectivity index (χ2n) is 6.17. The van der Waals surface area contributed by atoms with Crippen LogP contribution in [0.2, 0.25) is 0 Å². The van der Waals surface area contributed by atoms with Gasteiger partial charge in [-0.3, -0.25) is 9.89 Å². The molecule has 0 spiro atoms. The van der Waals surface area contributed by atoms with E-state index in [-0.39, 0.29) is 11.8 Å². The van der Waals surface area contributed by atoms with Crippen molar-refractivity contribution in [2.45, 2.75) is 18.8 Å². The van der Waals surface area contributed by atoms with Gasteiger partial charge in [0, 0.05) is 39.3 Å². The molecule has 1 aliphatic heterocycles. The van der Waals surface area contributed by atoms with Crippen LogP contribution in [-0.2, 0) is 0 Å². The van der Waals surface area contributed by atoms with Crippen LogP contribution in [0, 0.1) is 11.3 Å². The highest BCUT2D eigenvalue weighted by atomic mass is 16.2. The summed E-state index contributed by atoms with van der Waals surface area (Å²) in [6.45, 7) is 1.61. The summed E-state index contributed by atoms with van der Waals surface area (Å²) in [5.74, 6) is 0.127. The van der Waals surface area contributed by atoms with E-state index in [1.807, 2.05) is 12.1 Å². The minimum atomic E-state index is -0.0463. The van der Waals surface area contributed by atoms with E-state index >= 15 is 0 Å². The lowest BCUT2D eigenvalue weighted by atomic mass is 9.92. The summed E-state index contributed by atoms with van der Waals surface area (Å²) in [4.78, 5) is 20.2. The van der Waals surface area contributed by atoms with E-state index in [1.54, 1.807) is 31.4 Å². The van der Waals surface area contributed by atoms with Gasteiger partial charge in [0.2, 0.25) is 0 Å². The Hall–Kier alpha value is -2.88. The second kappa shape index (κ2) is 6.71. The van der Waals surface area contributed by atoms with Crippen molar-refractivity contribution in [1.82, 2.24) is 20.1 Å². The normalized spacial score (nSPS) is 17.4. The number of aromatic nitrogens is 3. The van der Waals surface area contributed by atoms with E-state index in [0.717, 1.165) is 37.3 Å². The van der Waals surface area contributed by atoms with Crippen LogP contribution < -0.4 is 4.90 Å². The molecule has 1 N–H and O–H groups in total. The third-order valence-corrected chi connectivity index (χ3v) is 4.37. The number of piperidine rings is 1. The van der Waals surface area contributed by atoms with Crippen LogP contribution in [0.25, 0.3) is 0 Å². The van der Waals surface area contributed by atoms with Gasteiger partial charge in [-0.2, -0.15) is 10.4 Å². The van der Waals surface area contributed by atoms with Gasteiger partial charge >= 0.3 is 0 Å². The Morgan fingerprint density at radius 2 is 2.33 bits per heavy atom. The van der Waals surface area contributed by atoms with Crippen LogP contribution in [0.1, 0.15) is 40.5 Å². The third-order valence-electron chi connectivity index (χ3n) is 4.37. The molecule has 0 aromatic carbocycles. The van der Waals surface area contributed by atoms with Crippen molar-refractivity contribution >= 4 is 11.6 Å². The molecule has 124 valence electrons. The van der Waals surface area contributed by atoms with Crippen molar-refractivity contribution in [2.75, 3.05) is 32.1 Å². The van der Waals surface area contributed by atoms with E-state index in [2.05, 4.69) is 26.2 Å². The summed E-state index contributed by atoms with van der Waals surface area (Å²) in [7, 11) is 3.47. The quantitative estimate of drug-likeness (QED) is 0.929. The fourth-order valence-electron chi connectivity index (χ4n) is 3.19. The van der Waals surface area contributed by atoms with Gasteiger partial charge in [-0.05, 0) is 25.0 Å². The molecule has 1 aliphatic rings. The average Bonchev–Trinajstić information content (AvgIpc) is 3.10. The highest BCUT2D eigenvalue weighted by molar-refractivity contribution is 5.94. The fourth-order valence-corrected chi connectivity index (χ4v) is 3.19. The molecule has 1 atom stereocenters. The summed E-state index contributed by atoms with van der Waals surface area (Å²) in [6.07, 6.45) is 5.20. The maximum absolute atomic E-state index is 12.3. The molecule has 1 fully saturated rings. The molecule has 3 heterocycles. The number of rotatable bonds is 3. The van der Waals surface area contributed by atoms with Crippen molar-refractivity contribution < 1.29 is 4.79 Å². The van der Waals surface area contributed by atoms with E-state index < -0.39 is 0 Å². The summed E-state index contributed by atoms with van der Waals surface area (Å²) < 4.78 is 0. The van der Waals surface area contributed by atoms with Crippen molar-refractivity contribution in [3.05, 3.63) is 41.5 Å². The summed E-state index contributed by atoms with van der Waals surface area (Å²) >= 11 is 0. The minimum absolute atomic E-state index is 0.0463. The SMILES string of the molecule is CN(C)C(=O)c1cn[nH]c1C1CCCN(c2cccnc2C#N)C1. The first-order valence-corrected chi connectivity index (χ1v) is 7.96. The first kappa shape index (κ1) is 16.0. The molecule has 0 aliphatic carbocycles. The lowest BCUT2D eigenvalue weighted by Crippen LogP contribution is -2.36. The number of amides is 1. The molecule has 0 saturated carbocycles. The summed E-state index contributed by atoms with van der Waals surface area (Å²) in [6, 6.07) is 5.92. The minimum Gasteiger partial charge on any atom is -0.369 e. The van der Waals surface area contributed by atoms with Gasteiger partial charge < -0.3 is 9.80 Å². The Kier molecular flexibility index (Phi) is 4.47. The number of aromatic amines is 1. The van der Waals surface area contributed by atoms with Crippen molar-refractivity contribution in [2.24, 2.45) is 0 Å². The fraction of sp³-hybridized carbons (Fsp3) is 0.412. The number of nitrogens with one attached hydrogen (secondary N) is 1. The number of carbonyl (C=O) groups excluding carboxylic acids is 1. The van der Waals surface area contributed by atoms with Crippen LogP contribution in [0.3, 0.4) is 0 Å². The standard InChI is InChI=1S/C17H20N6O/c1-22(2)17(24)13-10-20-21-16(13)12-5-4-8-23(11-12)15-6-3-7-19-14(15)9-18/h3,6-7,10,12H,4-5,8,11H2,1-2H3,(H,20,21). The van der Waals surface area contributed by atoms with E-state index in [9.17, 15) is 10.1 Å². The van der Waals surface area contributed by atoms with Crippen LogP contribution in [-0.4, -0.2) is 53.2 Å². The van der Waals surface area contributed by atoms with Gasteiger partial charge in [0.1, 0.15) is 6.07 Å². The first-order valence-electron chi connectivity index (χ1n) is 7.96. The molecule has 2 aromatic rings. The van der Waals surface area contributed by atoms with Gasteiger partial charge in [0.25, 0.3) is 5.91 Å². The molecule has 1 unspecified atom stereocenters. The first-order chi connectivity index (χ1) is 11.6. The van der Waals surface area contributed by atoms with Crippen LogP contribution in [0.15, 0.2) is 24.5 Å². The zero-order valence-corrected chi connectivity index (χ0v) is 13.9. The van der Waals surface area contributed by atoms with Gasteiger partial charge in [-0.15, -0.1) is 0 Å². The number of nitrogens with zero attached hydrogens (tertiary/aromatic N) is 5. The largest absolute Gasteiger partial charge is 0.369 e. The zero-order chi connectivity index (χ0) is 17.1. The van der Waals surface area contributed by atoms with Gasteiger partial charge in [-0.1, -0.05) is 0 Å². The Labute approximate surface area is 140 Å². The van der Waals surface area contributed by atoms with Crippen molar-refractivity contribution in [3.63, 3.8) is 0 Å². The monoisotopic (exact) mass is 324 g/mol. The van der Waals surface area contributed by atoms with E-state index in [1.165, 1.54) is 0 Å². The Morgan fingerprint density at radius 3 is 3.08 bits per heavy atom. The number of anilines is 1. The average molecular weight is 324 g/mol. The Balaban J connectivity index is 1.86. The topological polar surface area (TPSA) is 88.9 Å². The number of hydrogen-bond acceptors (Lipinski definition) is 5. The highest BCUT2D eigenvalue weighted by Crippen LogP contribution is 2.31. The highest BCUT2D eigenvalue weighted by Gasteiger charge is 2.28. The predicted molar refractivity (Wildman–Crippen MR) is 89.7 cm³/mol. The van der Waals surface area contributed by atoms with Crippen molar-refractivity contribution in [1.29, 1.82) is 5.26 Å². The molecule has 1 amide bonds. The molecule has 0 radical (unpaired) electrons. The predicted octanol–water partition coefficient (Wildman–Crippen LogP) is 1.76. The van der Waals surface area contributed by atoms with Gasteiger partial charge in [0.15, 0.2) is 5.69 Å². The molecule has 0 bridgehead atoms. The van der Waals surface area contributed by atoms with Crippen LogP contribution >= 0.6 is 0 Å². The molecular formula is C17H20N6O. The van der Waals surface area contributed by atoms with Gasteiger partial charge in [0.05, 0.1) is 23.1 Å². The summed E-state index contributed by atoms with van der Waals surface area (Å²) in [5.41, 5.74) is 2.79. The Bertz CT molecular complexity index is 775. The molecule has 24 heavy (non-hydrogen) atoms. The maximum atomic E-state index is 12.3. The number of H-pyrrole nitrogens is 1. The lowest BCUT2D eigenvalue weighted by Gasteiger charge is -2.34. The lowest BCUT2D eigenvalue weighted by molar-refractivity contribution is 0.0826. The number of hydrogen-bond donors (Lipinski definition) is 1. The van der Waals surface area contributed by atoms with Crippen molar-refractivity contribution in [3.8, 4) is 6.07 Å². The van der Waals surface area contributed by atoms with Crippen LogP contribution in [0.4, 0.5) is 5.69 Å². The van der Waals surface area contributed by atoms with E-state index in [0.29, 0.717) is 11.3 Å². The maximum Gasteiger partial charge on any atom is 0.256 e. The molecule has 7 nitrogen and oxygen atoms in total. The van der Waals surface area contributed by atoms with Gasteiger partial charge in [-0.25, -0.2) is 4.98 Å². The molecule has 2 aromatic heterocycles. The zero-order valence-electron chi connectivity index (χ0n) is 13.9. The smallest absolute Gasteiger partial charge is 0.256 e. The molecular weight excluding hydrogens is 304 g/mol. The second-order valence-corrected chi connectivity index (χ2v) is 6.17. The number of carbonyl (C=O) groups is 1. The van der Waals surface area contributed by atoms with Crippen LogP contribution in [0.5, 0.6) is 0 Å². The molecule has 1 saturated heterocycles. The molecule has 7 heteroatoms.